The minimum absolute atomic E-state index is 0.154. The minimum atomic E-state index is -3.94. The van der Waals surface area contributed by atoms with E-state index in [9.17, 15) is 18.0 Å². The maximum atomic E-state index is 11.8. The van der Waals surface area contributed by atoms with Crippen molar-refractivity contribution in [3.05, 3.63) is 45.3 Å². The van der Waals surface area contributed by atoms with E-state index in [4.69, 9.17) is 0 Å². The molecule has 0 atom stereocenters. The molecule has 0 amide bonds. The second-order valence-corrected chi connectivity index (χ2v) is 5.71. The summed E-state index contributed by atoms with van der Waals surface area (Å²) in [6, 6.07) is 0. The van der Waals surface area contributed by atoms with Crippen LogP contribution in [0.25, 0.3) is 0 Å². The Morgan fingerprint density at radius 2 is 2.05 bits per heavy atom. The Kier molecular flexibility index (Phi) is 4.15. The fraction of sp³-hybridized carbons (Fsp3) is 0.300. The summed E-state index contributed by atoms with van der Waals surface area (Å²) >= 11 is 0. The van der Waals surface area contributed by atoms with Crippen molar-refractivity contribution in [2.75, 3.05) is 6.54 Å². The molecule has 20 heavy (non-hydrogen) atoms. The van der Waals surface area contributed by atoms with E-state index in [0.29, 0.717) is 12.8 Å². The molecule has 0 unspecified atom stereocenters. The lowest BCUT2D eigenvalue weighted by atomic mass is 10.3. The lowest BCUT2D eigenvalue weighted by molar-refractivity contribution is 0.576. The average molecular weight is 299 g/mol. The number of hydrogen-bond acceptors (Lipinski definition) is 5. The summed E-state index contributed by atoms with van der Waals surface area (Å²) < 4.78 is 26.0. The maximum absolute atomic E-state index is 11.8. The number of nitrogens with one attached hydrogen (secondary N) is 4. The van der Waals surface area contributed by atoms with Crippen LogP contribution in [0.2, 0.25) is 0 Å². The van der Waals surface area contributed by atoms with E-state index < -0.39 is 26.2 Å². The monoisotopic (exact) mass is 299 g/mol. The summed E-state index contributed by atoms with van der Waals surface area (Å²) in [6.07, 6.45) is 5.26. The first kappa shape index (κ1) is 14.2. The fourth-order valence-electron chi connectivity index (χ4n) is 1.57. The van der Waals surface area contributed by atoms with Crippen LogP contribution in [0.5, 0.6) is 0 Å². The van der Waals surface area contributed by atoms with Gasteiger partial charge in [-0.2, -0.15) is 0 Å². The van der Waals surface area contributed by atoms with Crippen molar-refractivity contribution in [1.82, 2.24) is 24.7 Å². The van der Waals surface area contributed by atoms with E-state index in [1.165, 1.54) is 0 Å². The zero-order valence-corrected chi connectivity index (χ0v) is 11.2. The van der Waals surface area contributed by atoms with Gasteiger partial charge in [-0.1, -0.05) is 0 Å². The Labute approximate surface area is 113 Å². The molecule has 108 valence electrons. The molecule has 0 saturated heterocycles. The molecule has 2 aromatic rings. The first-order valence-electron chi connectivity index (χ1n) is 5.79. The molecule has 0 bridgehead atoms. The molecule has 0 aromatic carbocycles. The highest BCUT2D eigenvalue weighted by Crippen LogP contribution is 1.99. The van der Waals surface area contributed by atoms with Gasteiger partial charge in [-0.25, -0.2) is 22.9 Å². The lowest BCUT2D eigenvalue weighted by Crippen LogP contribution is -2.33. The van der Waals surface area contributed by atoms with Crippen LogP contribution in [0.15, 0.2) is 33.1 Å². The second kappa shape index (κ2) is 5.84. The van der Waals surface area contributed by atoms with Gasteiger partial charge >= 0.3 is 5.69 Å². The molecule has 4 N–H and O–H groups in total. The number of sulfonamides is 1. The summed E-state index contributed by atoms with van der Waals surface area (Å²) in [4.78, 5) is 32.6. The molecule has 0 fully saturated rings. The largest absolute Gasteiger partial charge is 0.349 e. The van der Waals surface area contributed by atoms with Crippen LogP contribution < -0.4 is 16.0 Å². The van der Waals surface area contributed by atoms with Crippen LogP contribution >= 0.6 is 0 Å². The molecule has 0 radical (unpaired) electrons. The molecule has 0 aliphatic heterocycles. The molecule has 0 aliphatic carbocycles. The molecular formula is C10H13N5O4S. The summed E-state index contributed by atoms with van der Waals surface area (Å²) in [5.41, 5.74) is -1.71. The molecule has 2 aromatic heterocycles. The van der Waals surface area contributed by atoms with Crippen LogP contribution in [0, 0.1) is 0 Å². The smallest absolute Gasteiger partial charge is 0.325 e. The summed E-state index contributed by atoms with van der Waals surface area (Å²) in [5.74, 6) is 0.756. The summed E-state index contributed by atoms with van der Waals surface area (Å²) in [5, 5.41) is 0. The number of hydrogen-bond donors (Lipinski definition) is 4. The Balaban J connectivity index is 1.97. The SMILES string of the molecule is O=c1[nH]cc(S(=O)(=O)NCCCc2ncc[nH]2)c(=O)[nH]1. The van der Waals surface area contributed by atoms with Crippen LogP contribution in [-0.2, 0) is 16.4 Å². The van der Waals surface area contributed by atoms with Gasteiger partial charge in [0.1, 0.15) is 5.82 Å². The highest BCUT2D eigenvalue weighted by molar-refractivity contribution is 7.89. The molecule has 9 nitrogen and oxygen atoms in total. The van der Waals surface area contributed by atoms with Crippen LogP contribution in [0.3, 0.4) is 0 Å². The maximum Gasteiger partial charge on any atom is 0.325 e. The van der Waals surface area contributed by atoms with Gasteiger partial charge < -0.3 is 9.97 Å². The second-order valence-electron chi connectivity index (χ2n) is 3.97. The van der Waals surface area contributed by atoms with Crippen LogP contribution in [-0.4, -0.2) is 34.9 Å². The third-order valence-electron chi connectivity index (χ3n) is 2.51. The van der Waals surface area contributed by atoms with Crippen molar-refractivity contribution < 1.29 is 8.42 Å². The van der Waals surface area contributed by atoms with Crippen LogP contribution in [0.4, 0.5) is 0 Å². The Morgan fingerprint density at radius 1 is 1.25 bits per heavy atom. The number of aryl methyl sites for hydroxylation is 1. The standard InChI is InChI=1S/C10H13N5O4S/c16-9-7(6-13-10(17)15-9)20(18,19)14-3-1-2-8-11-4-5-12-8/h4-6,14H,1-3H2,(H,11,12)(H2,13,15,16,17). The molecule has 10 heteroatoms. The van der Waals surface area contributed by atoms with Crippen LogP contribution in [0.1, 0.15) is 12.2 Å². The van der Waals surface area contributed by atoms with Crippen molar-refractivity contribution in [2.45, 2.75) is 17.7 Å². The molecule has 0 aliphatic rings. The van der Waals surface area contributed by atoms with E-state index in [-0.39, 0.29) is 6.54 Å². The molecule has 0 spiro atoms. The zero-order chi connectivity index (χ0) is 14.6. The van der Waals surface area contributed by atoms with Gasteiger partial charge in [0, 0.05) is 31.6 Å². The normalized spacial score (nSPS) is 11.6. The minimum Gasteiger partial charge on any atom is -0.349 e. The summed E-state index contributed by atoms with van der Waals surface area (Å²) in [7, 11) is -3.94. The third-order valence-corrected chi connectivity index (χ3v) is 3.98. The highest BCUT2D eigenvalue weighted by atomic mass is 32.2. The number of aromatic amines is 3. The third kappa shape index (κ3) is 3.42. The topological polar surface area (TPSA) is 141 Å². The number of aromatic nitrogens is 4. The first-order chi connectivity index (χ1) is 9.49. The van der Waals surface area contributed by atoms with Gasteiger partial charge in [0.2, 0.25) is 10.0 Å². The molecule has 0 saturated carbocycles. The first-order valence-corrected chi connectivity index (χ1v) is 7.27. The predicted octanol–water partition coefficient (Wildman–Crippen LogP) is -1.30. The Hall–Kier alpha value is -2.20. The molecule has 2 rings (SSSR count). The van der Waals surface area contributed by atoms with Gasteiger partial charge in [-0.3, -0.25) is 9.78 Å². The van der Waals surface area contributed by atoms with Crippen molar-refractivity contribution >= 4 is 10.0 Å². The van der Waals surface area contributed by atoms with Crippen molar-refractivity contribution in [1.29, 1.82) is 0 Å². The van der Waals surface area contributed by atoms with Gasteiger partial charge in [0.25, 0.3) is 5.56 Å². The number of rotatable bonds is 6. The van der Waals surface area contributed by atoms with E-state index in [2.05, 4.69) is 19.7 Å². The van der Waals surface area contributed by atoms with Crippen molar-refractivity contribution in [3.63, 3.8) is 0 Å². The van der Waals surface area contributed by atoms with Gasteiger partial charge in [0.05, 0.1) is 0 Å². The van der Waals surface area contributed by atoms with E-state index >= 15 is 0 Å². The molecule has 2 heterocycles. The zero-order valence-electron chi connectivity index (χ0n) is 10.3. The quantitative estimate of drug-likeness (QED) is 0.490. The Morgan fingerprint density at radius 3 is 2.70 bits per heavy atom. The van der Waals surface area contributed by atoms with E-state index in [1.54, 1.807) is 12.4 Å². The van der Waals surface area contributed by atoms with E-state index in [0.717, 1.165) is 12.0 Å². The number of nitrogens with zero attached hydrogens (tertiary/aromatic N) is 1. The fourth-order valence-corrected chi connectivity index (χ4v) is 2.65. The van der Waals surface area contributed by atoms with Crippen molar-refractivity contribution in [3.8, 4) is 0 Å². The van der Waals surface area contributed by atoms with E-state index in [1.807, 2.05) is 4.98 Å². The summed E-state index contributed by atoms with van der Waals surface area (Å²) in [6.45, 7) is 0.154. The van der Waals surface area contributed by atoms with Gasteiger partial charge in [-0.15, -0.1) is 0 Å². The molecular weight excluding hydrogens is 286 g/mol. The lowest BCUT2D eigenvalue weighted by Gasteiger charge is -2.04. The highest BCUT2D eigenvalue weighted by Gasteiger charge is 2.17. The average Bonchev–Trinajstić information content (AvgIpc) is 2.87. The number of H-pyrrole nitrogens is 3. The predicted molar refractivity (Wildman–Crippen MR) is 69.8 cm³/mol. The van der Waals surface area contributed by atoms with Gasteiger partial charge in [-0.05, 0) is 6.42 Å². The van der Waals surface area contributed by atoms with Gasteiger partial charge in [0.15, 0.2) is 4.90 Å². The Bertz CT molecular complexity index is 774. The number of imidazole rings is 1. The van der Waals surface area contributed by atoms with Crippen molar-refractivity contribution in [2.24, 2.45) is 0 Å².